The molecule has 0 spiro atoms. The Bertz CT molecular complexity index is 456. The van der Waals surface area contributed by atoms with Crippen LogP contribution < -0.4 is 10.5 Å². The van der Waals surface area contributed by atoms with Crippen molar-refractivity contribution in [3.05, 3.63) is 29.6 Å². The average Bonchev–Trinajstić information content (AvgIpc) is 2.13. The maximum absolute atomic E-state index is 12.9. The van der Waals surface area contributed by atoms with Gasteiger partial charge in [0.1, 0.15) is 11.6 Å². The largest absolute Gasteiger partial charge is 0.508 e. The van der Waals surface area contributed by atoms with Crippen molar-refractivity contribution in [1.82, 2.24) is 5.32 Å². The van der Waals surface area contributed by atoms with E-state index in [9.17, 15) is 12.8 Å². The number of benzene rings is 1. The molecule has 4 N–H and O–H groups in total. The highest BCUT2D eigenvalue weighted by molar-refractivity contribution is 7.89. The third-order valence-corrected chi connectivity index (χ3v) is 2.91. The quantitative estimate of drug-likeness (QED) is 0.643. The van der Waals surface area contributed by atoms with Crippen molar-refractivity contribution in [1.29, 1.82) is 0 Å². The standard InChI is InChI=1S/C10H15FN2O3S/c11-9-4-8(5-10(14)6-9)7-13-2-1-3-17(12,15)16/h4-6,13-14H,1-3,7H2,(H2,12,15,16). The number of phenols is 1. The van der Waals surface area contributed by atoms with Crippen molar-refractivity contribution in [2.75, 3.05) is 12.3 Å². The number of halogens is 1. The van der Waals surface area contributed by atoms with Crippen LogP contribution in [0.2, 0.25) is 0 Å². The summed E-state index contributed by atoms with van der Waals surface area (Å²) in [7, 11) is -3.42. The predicted octanol–water partition coefficient (Wildman–Crippen LogP) is 0.300. The van der Waals surface area contributed by atoms with E-state index in [1.54, 1.807) is 0 Å². The molecule has 0 saturated heterocycles. The molecule has 7 heteroatoms. The van der Waals surface area contributed by atoms with Gasteiger partial charge in [0.25, 0.3) is 0 Å². The van der Waals surface area contributed by atoms with Crippen LogP contribution in [0.15, 0.2) is 18.2 Å². The van der Waals surface area contributed by atoms with Gasteiger partial charge in [-0.15, -0.1) is 0 Å². The lowest BCUT2D eigenvalue weighted by Crippen LogP contribution is -2.22. The minimum absolute atomic E-state index is 0.0889. The second-order valence-electron chi connectivity index (χ2n) is 3.71. The van der Waals surface area contributed by atoms with Crippen LogP contribution in [0.25, 0.3) is 0 Å². The lowest BCUT2D eigenvalue weighted by Gasteiger charge is -2.05. The van der Waals surface area contributed by atoms with Crippen molar-refractivity contribution in [3.63, 3.8) is 0 Å². The Hall–Kier alpha value is -1.18. The van der Waals surface area contributed by atoms with Gasteiger partial charge in [-0.05, 0) is 30.7 Å². The van der Waals surface area contributed by atoms with E-state index in [0.29, 0.717) is 25.1 Å². The summed E-state index contributed by atoms with van der Waals surface area (Å²) in [5.74, 6) is -0.730. The fourth-order valence-corrected chi connectivity index (χ4v) is 1.91. The molecule has 0 amide bonds. The monoisotopic (exact) mass is 262 g/mol. The van der Waals surface area contributed by atoms with E-state index < -0.39 is 15.8 Å². The Balaban J connectivity index is 2.31. The van der Waals surface area contributed by atoms with Gasteiger partial charge in [0.05, 0.1) is 5.75 Å². The minimum Gasteiger partial charge on any atom is -0.508 e. The summed E-state index contributed by atoms with van der Waals surface area (Å²) >= 11 is 0. The summed E-state index contributed by atoms with van der Waals surface area (Å²) in [6.07, 6.45) is 0.389. The molecular weight excluding hydrogens is 247 g/mol. The van der Waals surface area contributed by atoms with Crippen LogP contribution in [-0.2, 0) is 16.6 Å². The van der Waals surface area contributed by atoms with Crippen LogP contribution in [0, 0.1) is 5.82 Å². The second-order valence-corrected chi connectivity index (χ2v) is 5.45. The van der Waals surface area contributed by atoms with Gasteiger partial charge in [0, 0.05) is 12.6 Å². The Labute approximate surface area is 99.5 Å². The van der Waals surface area contributed by atoms with Crippen LogP contribution in [-0.4, -0.2) is 25.8 Å². The van der Waals surface area contributed by atoms with E-state index in [0.717, 1.165) is 6.07 Å². The number of aromatic hydroxyl groups is 1. The lowest BCUT2D eigenvalue weighted by atomic mass is 10.2. The maximum Gasteiger partial charge on any atom is 0.209 e. The highest BCUT2D eigenvalue weighted by atomic mass is 32.2. The van der Waals surface area contributed by atoms with E-state index in [4.69, 9.17) is 10.2 Å². The van der Waals surface area contributed by atoms with E-state index in [2.05, 4.69) is 5.32 Å². The number of nitrogens with one attached hydrogen (secondary N) is 1. The molecule has 0 aromatic heterocycles. The number of phenolic OH excluding ortho intramolecular Hbond substituents is 1. The average molecular weight is 262 g/mol. The summed E-state index contributed by atoms with van der Waals surface area (Å²) in [5.41, 5.74) is 0.595. The van der Waals surface area contributed by atoms with E-state index in [1.165, 1.54) is 12.1 Å². The van der Waals surface area contributed by atoms with Crippen molar-refractivity contribution in [3.8, 4) is 5.75 Å². The van der Waals surface area contributed by atoms with Gasteiger partial charge in [-0.3, -0.25) is 0 Å². The fourth-order valence-electron chi connectivity index (χ4n) is 1.37. The van der Waals surface area contributed by atoms with Gasteiger partial charge < -0.3 is 10.4 Å². The summed E-state index contributed by atoms with van der Waals surface area (Å²) in [6.45, 7) is 0.809. The number of nitrogens with two attached hydrogens (primary N) is 1. The smallest absolute Gasteiger partial charge is 0.209 e. The minimum atomic E-state index is -3.42. The maximum atomic E-state index is 12.9. The Morgan fingerprint density at radius 2 is 2.06 bits per heavy atom. The highest BCUT2D eigenvalue weighted by Crippen LogP contribution is 2.14. The summed E-state index contributed by atoms with van der Waals surface area (Å²) in [5, 5.41) is 16.9. The molecule has 0 saturated carbocycles. The lowest BCUT2D eigenvalue weighted by molar-refractivity contribution is 0.467. The molecule has 17 heavy (non-hydrogen) atoms. The number of hydrogen-bond donors (Lipinski definition) is 3. The third kappa shape index (κ3) is 6.20. The van der Waals surface area contributed by atoms with Gasteiger partial charge in [-0.25, -0.2) is 17.9 Å². The zero-order chi connectivity index (χ0) is 12.9. The van der Waals surface area contributed by atoms with Crippen LogP contribution in [0.4, 0.5) is 4.39 Å². The third-order valence-electron chi connectivity index (χ3n) is 2.05. The normalized spacial score (nSPS) is 11.6. The predicted molar refractivity (Wildman–Crippen MR) is 62.4 cm³/mol. The first-order chi connectivity index (χ1) is 7.87. The molecule has 1 rings (SSSR count). The molecule has 0 unspecified atom stereocenters. The van der Waals surface area contributed by atoms with Crippen LogP contribution in [0.1, 0.15) is 12.0 Å². The molecule has 0 atom stereocenters. The second kappa shape index (κ2) is 5.95. The number of primary sulfonamides is 1. The molecular formula is C10H15FN2O3S. The van der Waals surface area contributed by atoms with E-state index in [-0.39, 0.29) is 11.5 Å². The molecule has 0 aliphatic carbocycles. The van der Waals surface area contributed by atoms with Crippen molar-refractivity contribution in [2.45, 2.75) is 13.0 Å². The molecule has 0 heterocycles. The Morgan fingerprint density at radius 3 is 2.65 bits per heavy atom. The molecule has 1 aromatic carbocycles. The molecule has 5 nitrogen and oxygen atoms in total. The first kappa shape index (κ1) is 13.9. The Kier molecular flexibility index (Phi) is 4.86. The van der Waals surface area contributed by atoms with Crippen LogP contribution >= 0.6 is 0 Å². The summed E-state index contributed by atoms with van der Waals surface area (Å²) in [4.78, 5) is 0. The zero-order valence-electron chi connectivity index (χ0n) is 9.19. The van der Waals surface area contributed by atoms with E-state index in [1.807, 2.05) is 0 Å². The SMILES string of the molecule is NS(=O)(=O)CCCNCc1cc(O)cc(F)c1. The van der Waals surface area contributed by atoms with E-state index >= 15 is 0 Å². The molecule has 0 aliphatic rings. The summed E-state index contributed by atoms with van der Waals surface area (Å²) < 4.78 is 34.1. The molecule has 0 radical (unpaired) electrons. The first-order valence-corrected chi connectivity index (χ1v) is 6.78. The molecule has 1 aromatic rings. The molecule has 0 fully saturated rings. The van der Waals surface area contributed by atoms with Crippen molar-refractivity contribution >= 4 is 10.0 Å². The molecule has 0 bridgehead atoms. The van der Waals surface area contributed by atoms with Crippen LogP contribution in [0.3, 0.4) is 0 Å². The Morgan fingerprint density at radius 1 is 1.35 bits per heavy atom. The summed E-state index contributed by atoms with van der Waals surface area (Å²) in [6, 6.07) is 3.76. The van der Waals surface area contributed by atoms with Gasteiger partial charge in [0.2, 0.25) is 10.0 Å². The number of sulfonamides is 1. The molecule has 96 valence electrons. The zero-order valence-corrected chi connectivity index (χ0v) is 10.0. The van der Waals surface area contributed by atoms with Gasteiger partial charge >= 0.3 is 0 Å². The van der Waals surface area contributed by atoms with Crippen LogP contribution in [0.5, 0.6) is 5.75 Å². The molecule has 0 aliphatic heterocycles. The number of rotatable bonds is 6. The topological polar surface area (TPSA) is 92.4 Å². The highest BCUT2D eigenvalue weighted by Gasteiger charge is 2.02. The number of hydrogen-bond acceptors (Lipinski definition) is 4. The van der Waals surface area contributed by atoms with Gasteiger partial charge in [-0.2, -0.15) is 0 Å². The van der Waals surface area contributed by atoms with Gasteiger partial charge in [-0.1, -0.05) is 0 Å². The van der Waals surface area contributed by atoms with Crippen molar-refractivity contribution in [2.24, 2.45) is 5.14 Å². The van der Waals surface area contributed by atoms with Gasteiger partial charge in [0.15, 0.2) is 0 Å². The van der Waals surface area contributed by atoms with Crippen molar-refractivity contribution < 1.29 is 17.9 Å². The fraction of sp³-hybridized carbons (Fsp3) is 0.400. The first-order valence-electron chi connectivity index (χ1n) is 5.06.